The van der Waals surface area contributed by atoms with Crippen molar-refractivity contribution in [3.8, 4) is 22.6 Å². The summed E-state index contributed by atoms with van der Waals surface area (Å²) in [7, 11) is 1.33. The summed E-state index contributed by atoms with van der Waals surface area (Å²) in [6.07, 6.45) is -2.53. The average Bonchev–Trinajstić information content (AvgIpc) is 3.40. The Morgan fingerprint density at radius 3 is 2.49 bits per heavy atom. The highest BCUT2D eigenvalue weighted by Gasteiger charge is 2.35. The Bertz CT molecular complexity index is 1700. The summed E-state index contributed by atoms with van der Waals surface area (Å²) >= 11 is 6.19. The number of hydrogen-bond acceptors (Lipinski definition) is 6. The molecule has 0 unspecified atom stereocenters. The van der Waals surface area contributed by atoms with Crippen molar-refractivity contribution < 1.29 is 27.1 Å². The third kappa shape index (κ3) is 6.09. The zero-order valence-corrected chi connectivity index (χ0v) is 22.4. The van der Waals surface area contributed by atoms with Gasteiger partial charge in [-0.05, 0) is 42.8 Å². The second kappa shape index (κ2) is 11.5. The van der Waals surface area contributed by atoms with Gasteiger partial charge in [0.25, 0.3) is 5.56 Å². The van der Waals surface area contributed by atoms with E-state index in [1.165, 1.54) is 49.7 Å². The molecule has 0 aliphatic heterocycles. The van der Waals surface area contributed by atoms with E-state index in [1.807, 2.05) is 0 Å². The van der Waals surface area contributed by atoms with Crippen LogP contribution in [0.25, 0.3) is 22.5 Å². The quantitative estimate of drug-likeness (QED) is 0.264. The van der Waals surface area contributed by atoms with Crippen LogP contribution in [0.4, 0.5) is 23.2 Å². The van der Waals surface area contributed by atoms with Crippen molar-refractivity contribution >= 4 is 28.9 Å². The van der Waals surface area contributed by atoms with Crippen molar-refractivity contribution in [3.63, 3.8) is 0 Å². The molecule has 4 rings (SSSR count). The number of carbonyl (C=O) groups is 1. The van der Waals surface area contributed by atoms with Gasteiger partial charge in [-0.2, -0.15) is 13.2 Å². The first-order chi connectivity index (χ1) is 19.3. The van der Waals surface area contributed by atoms with Gasteiger partial charge < -0.3 is 15.8 Å². The van der Waals surface area contributed by atoms with Crippen molar-refractivity contribution in [2.45, 2.75) is 25.6 Å². The molecule has 4 aromatic rings. The number of nitrogens with zero attached hydrogens (tertiary/aromatic N) is 4. The zero-order valence-electron chi connectivity index (χ0n) is 21.7. The number of halogens is 5. The average molecular weight is 591 g/mol. The number of nitrogens with one attached hydrogen (secondary N) is 1. The molecule has 9 nitrogen and oxygen atoms in total. The molecule has 2 heterocycles. The minimum atomic E-state index is -4.72. The SMILES string of the molecule is C=C(N)c1ccc(NC(=O)[C@H](CC)n2cc(OC)c(-c3cc(Cl)ccc3-n3cc(C(F)(F)F)nn3)cc2=O)cc1F. The summed E-state index contributed by atoms with van der Waals surface area (Å²) in [5, 5.41) is 9.57. The van der Waals surface area contributed by atoms with Gasteiger partial charge in [-0.15, -0.1) is 5.10 Å². The molecule has 0 aliphatic carbocycles. The van der Waals surface area contributed by atoms with Gasteiger partial charge in [0.15, 0.2) is 5.69 Å². The van der Waals surface area contributed by atoms with E-state index in [0.717, 1.165) is 15.3 Å². The molecule has 3 N–H and O–H groups in total. The number of alkyl halides is 3. The molecule has 0 spiro atoms. The Morgan fingerprint density at radius 2 is 1.90 bits per heavy atom. The van der Waals surface area contributed by atoms with E-state index in [0.29, 0.717) is 6.20 Å². The number of carbonyl (C=O) groups excluding carboxylic acids is 1. The van der Waals surface area contributed by atoms with E-state index < -0.39 is 35.2 Å². The number of benzene rings is 2. The molecule has 0 bridgehead atoms. The Hall–Kier alpha value is -4.65. The molecule has 1 atom stereocenters. The number of rotatable bonds is 8. The highest BCUT2D eigenvalue weighted by Crippen LogP contribution is 2.36. The van der Waals surface area contributed by atoms with Crippen molar-refractivity contribution in [1.29, 1.82) is 0 Å². The number of ether oxygens (including phenoxy) is 1. The summed E-state index contributed by atoms with van der Waals surface area (Å²) in [6.45, 7) is 5.17. The van der Waals surface area contributed by atoms with Gasteiger partial charge in [0.2, 0.25) is 5.91 Å². The van der Waals surface area contributed by atoms with E-state index >= 15 is 0 Å². The van der Waals surface area contributed by atoms with Gasteiger partial charge in [-0.3, -0.25) is 14.2 Å². The van der Waals surface area contributed by atoms with Crippen molar-refractivity contribution in [3.05, 3.63) is 93.9 Å². The van der Waals surface area contributed by atoms with Gasteiger partial charge in [0.1, 0.15) is 17.6 Å². The number of hydrogen-bond donors (Lipinski definition) is 2. The Morgan fingerprint density at radius 1 is 1.17 bits per heavy atom. The smallest absolute Gasteiger partial charge is 0.436 e. The van der Waals surface area contributed by atoms with E-state index in [-0.39, 0.29) is 51.0 Å². The van der Waals surface area contributed by atoms with Gasteiger partial charge >= 0.3 is 6.18 Å². The highest BCUT2D eigenvalue weighted by molar-refractivity contribution is 6.31. The molecule has 1 amide bonds. The number of methoxy groups -OCH3 is 1. The first-order valence-corrected chi connectivity index (χ1v) is 12.4. The second-order valence-electron chi connectivity index (χ2n) is 8.84. The molecule has 2 aromatic heterocycles. The van der Waals surface area contributed by atoms with Crippen LogP contribution in [0.5, 0.6) is 5.75 Å². The number of pyridine rings is 1. The minimum Gasteiger partial charge on any atom is -0.495 e. The summed E-state index contributed by atoms with van der Waals surface area (Å²) in [4.78, 5) is 26.5. The predicted molar refractivity (Wildman–Crippen MR) is 145 cm³/mol. The predicted octanol–water partition coefficient (Wildman–Crippen LogP) is 5.44. The van der Waals surface area contributed by atoms with Crippen LogP contribution in [0.2, 0.25) is 5.02 Å². The molecule has 41 heavy (non-hydrogen) atoms. The molecule has 14 heteroatoms. The normalized spacial score (nSPS) is 12.2. The molecule has 0 saturated heterocycles. The fourth-order valence-corrected chi connectivity index (χ4v) is 4.34. The summed E-state index contributed by atoms with van der Waals surface area (Å²) < 4.78 is 61.3. The lowest BCUT2D eigenvalue weighted by Crippen LogP contribution is -2.32. The third-order valence-electron chi connectivity index (χ3n) is 6.15. The summed E-state index contributed by atoms with van der Waals surface area (Å²) in [5.41, 5.74) is 4.53. The third-order valence-corrected chi connectivity index (χ3v) is 6.39. The maximum absolute atomic E-state index is 14.3. The van der Waals surface area contributed by atoms with Gasteiger partial charge in [0.05, 0.1) is 25.2 Å². The van der Waals surface area contributed by atoms with Gasteiger partial charge in [-0.25, -0.2) is 9.07 Å². The monoisotopic (exact) mass is 590 g/mol. The molecule has 0 aliphatic rings. The van der Waals surface area contributed by atoms with Crippen molar-refractivity contribution in [1.82, 2.24) is 19.6 Å². The standard InChI is InChI=1S/C27H23ClF4N6O3/c1-4-21(26(40)34-16-6-7-17(14(2)33)20(29)10-16)37-12-23(41-3)19(11-25(37)39)18-9-15(28)5-8-22(18)38-13-24(35-36-38)27(30,31)32/h5-13,21H,2,4,33H2,1,3H3,(H,34,40)/t21-/m0/s1. The van der Waals surface area contributed by atoms with Crippen LogP contribution in [-0.2, 0) is 11.0 Å². The van der Waals surface area contributed by atoms with Gasteiger partial charge in [-0.1, -0.05) is 30.3 Å². The van der Waals surface area contributed by atoms with Crippen LogP contribution in [-0.4, -0.2) is 32.6 Å². The first-order valence-electron chi connectivity index (χ1n) is 12.0. The second-order valence-corrected chi connectivity index (χ2v) is 9.28. The van der Waals surface area contributed by atoms with Crippen LogP contribution in [0.3, 0.4) is 0 Å². The van der Waals surface area contributed by atoms with E-state index in [4.69, 9.17) is 22.1 Å². The molecule has 0 radical (unpaired) electrons. The minimum absolute atomic E-state index is 0.0259. The largest absolute Gasteiger partial charge is 0.495 e. The van der Waals surface area contributed by atoms with Crippen molar-refractivity contribution in [2.24, 2.45) is 5.73 Å². The Kier molecular flexibility index (Phi) is 8.19. The van der Waals surface area contributed by atoms with Crippen LogP contribution in [0, 0.1) is 5.82 Å². The fraction of sp³-hybridized carbons (Fsp3) is 0.185. The molecular weight excluding hydrogens is 568 g/mol. The molecular formula is C27H23ClF4N6O3. The summed E-state index contributed by atoms with van der Waals surface area (Å²) in [6, 6.07) is 8.35. The topological polar surface area (TPSA) is 117 Å². The van der Waals surface area contributed by atoms with E-state index in [1.54, 1.807) is 6.92 Å². The number of aromatic nitrogens is 4. The van der Waals surface area contributed by atoms with Crippen LogP contribution < -0.4 is 21.3 Å². The van der Waals surface area contributed by atoms with Crippen LogP contribution in [0.1, 0.15) is 30.6 Å². The van der Waals surface area contributed by atoms with E-state index in [9.17, 15) is 27.2 Å². The lowest BCUT2D eigenvalue weighted by Gasteiger charge is -2.21. The molecule has 0 fully saturated rings. The van der Waals surface area contributed by atoms with Crippen molar-refractivity contribution in [2.75, 3.05) is 12.4 Å². The maximum atomic E-state index is 14.3. The number of nitrogens with two attached hydrogens (primary N) is 1. The number of amides is 1. The highest BCUT2D eigenvalue weighted by atomic mass is 35.5. The molecule has 2 aromatic carbocycles. The molecule has 0 saturated carbocycles. The lowest BCUT2D eigenvalue weighted by atomic mass is 10.0. The van der Waals surface area contributed by atoms with E-state index in [2.05, 4.69) is 22.2 Å². The van der Waals surface area contributed by atoms with Crippen LogP contribution in [0.15, 0.2) is 66.2 Å². The zero-order chi connectivity index (χ0) is 30.1. The van der Waals surface area contributed by atoms with Crippen LogP contribution >= 0.6 is 11.6 Å². The number of anilines is 1. The maximum Gasteiger partial charge on any atom is 0.436 e. The Balaban J connectivity index is 1.74. The lowest BCUT2D eigenvalue weighted by molar-refractivity contribution is -0.141. The summed E-state index contributed by atoms with van der Waals surface area (Å²) in [5.74, 6) is -1.17. The fourth-order valence-electron chi connectivity index (χ4n) is 4.17. The first kappa shape index (κ1) is 29.3. The Labute approximate surface area is 235 Å². The molecule has 214 valence electrons. The van der Waals surface area contributed by atoms with Gasteiger partial charge in [0, 0.05) is 39.2 Å².